The average Bonchev–Trinajstić information content (AvgIpc) is 3.29. The number of fused-ring (bicyclic) bond motifs is 4. The lowest BCUT2D eigenvalue weighted by Gasteiger charge is -2.12. The Hall–Kier alpha value is -5.06. The summed E-state index contributed by atoms with van der Waals surface area (Å²) < 4.78 is 29.3. The maximum atomic E-state index is 15.0. The summed E-state index contributed by atoms with van der Waals surface area (Å²) in [5.74, 6) is -1.84. The molecule has 2 aliphatic rings. The van der Waals surface area contributed by atoms with Gasteiger partial charge in [0.25, 0.3) is 0 Å². The summed E-state index contributed by atoms with van der Waals surface area (Å²) in [5, 5.41) is 39.4. The fourth-order valence-electron chi connectivity index (χ4n) is 4.52. The summed E-state index contributed by atoms with van der Waals surface area (Å²) in [4.78, 5) is 4.39. The molecule has 0 unspecified atom stereocenters. The normalized spacial score (nSPS) is 16.5. The Balaban J connectivity index is 2.06. The summed E-state index contributed by atoms with van der Waals surface area (Å²) in [7, 11) is 0. The Morgan fingerprint density at radius 3 is 2.39 bits per heavy atom. The van der Waals surface area contributed by atoms with Gasteiger partial charge in [0.1, 0.15) is 35.1 Å². The smallest absolute Gasteiger partial charge is 0.138 e. The van der Waals surface area contributed by atoms with Gasteiger partial charge in [-0.2, -0.15) is 15.8 Å². The van der Waals surface area contributed by atoms with Gasteiger partial charge in [-0.3, -0.25) is 4.98 Å². The summed E-state index contributed by atoms with van der Waals surface area (Å²) in [6, 6.07) is 15.5. The molecule has 33 heavy (non-hydrogen) atoms. The number of pyridine rings is 1. The van der Waals surface area contributed by atoms with Crippen LogP contribution < -0.4 is 0 Å². The Morgan fingerprint density at radius 2 is 1.67 bits per heavy atom. The van der Waals surface area contributed by atoms with E-state index in [-0.39, 0.29) is 39.2 Å². The number of nitrogens with zero attached hydrogens (tertiary/aromatic N) is 4. The monoisotopic (exact) mass is 432 g/mol. The van der Waals surface area contributed by atoms with Crippen LogP contribution in [0, 0.1) is 45.6 Å². The maximum absolute atomic E-state index is 15.0. The number of hydrogen-bond acceptors (Lipinski definition) is 5. The highest BCUT2D eigenvalue weighted by Gasteiger charge is 2.39. The Kier molecular flexibility index (Phi) is 4.38. The Bertz CT molecular complexity index is 1610. The van der Waals surface area contributed by atoms with Gasteiger partial charge in [0.2, 0.25) is 0 Å². The standard InChI is InChI=1S/C26H10F2N4O/c27-14-9-18-21(13(11-30)12-31)25(16(6-7-29)22(18)19(28)10-14)23-15-3-1-5-20(33)24(15)26-17(23)4-2-8-32-26/h1-6,8-10,33H/b16-6?,25-23+. The lowest BCUT2D eigenvalue weighted by atomic mass is 9.89. The number of rotatable bonds is 0. The number of aromatic nitrogens is 1. The number of allylic oxidation sites excluding steroid dienone is 5. The largest absolute Gasteiger partial charge is 0.507 e. The third-order valence-corrected chi connectivity index (χ3v) is 5.67. The molecule has 0 fully saturated rings. The fourth-order valence-corrected chi connectivity index (χ4v) is 4.52. The van der Waals surface area contributed by atoms with Gasteiger partial charge in [-0.05, 0) is 29.3 Å². The van der Waals surface area contributed by atoms with Crippen molar-refractivity contribution in [1.82, 2.24) is 4.98 Å². The van der Waals surface area contributed by atoms with E-state index in [0.717, 1.165) is 12.1 Å². The molecule has 1 aromatic heterocycles. The molecule has 3 aromatic rings. The molecule has 2 aliphatic carbocycles. The van der Waals surface area contributed by atoms with E-state index in [1.165, 1.54) is 6.07 Å². The maximum Gasteiger partial charge on any atom is 0.138 e. The topological polar surface area (TPSA) is 104 Å². The lowest BCUT2D eigenvalue weighted by Crippen LogP contribution is -1.94. The van der Waals surface area contributed by atoms with Crippen molar-refractivity contribution in [2.75, 3.05) is 0 Å². The molecule has 0 amide bonds. The zero-order valence-corrected chi connectivity index (χ0v) is 16.7. The van der Waals surface area contributed by atoms with Gasteiger partial charge in [-0.1, -0.05) is 18.2 Å². The summed E-state index contributed by atoms with van der Waals surface area (Å²) in [6.45, 7) is 0. The van der Waals surface area contributed by atoms with Crippen LogP contribution in [0.4, 0.5) is 8.78 Å². The molecule has 1 N–H and O–H groups in total. The molecule has 0 saturated heterocycles. The molecule has 2 aromatic carbocycles. The van der Waals surface area contributed by atoms with Crippen LogP contribution in [0.3, 0.4) is 0 Å². The first-order valence-electron chi connectivity index (χ1n) is 9.69. The van der Waals surface area contributed by atoms with Crippen molar-refractivity contribution in [2.24, 2.45) is 0 Å². The number of aromatic hydroxyl groups is 1. The molecule has 7 heteroatoms. The SMILES string of the molecule is N#CC=C1/C(=C2\c3cccnc3-c3c(O)cccc32)C(=C(C#N)C#N)c2cc(F)cc(F)c21. The second-order valence-corrected chi connectivity index (χ2v) is 7.32. The van der Waals surface area contributed by atoms with Crippen LogP contribution in [-0.2, 0) is 0 Å². The van der Waals surface area contributed by atoms with Crippen LogP contribution in [0.2, 0.25) is 0 Å². The molecule has 0 spiro atoms. The van der Waals surface area contributed by atoms with Gasteiger partial charge in [0.05, 0.1) is 17.3 Å². The number of nitriles is 3. The molecule has 1 heterocycles. The second-order valence-electron chi connectivity index (χ2n) is 7.32. The number of hydrogen-bond donors (Lipinski definition) is 1. The zero-order valence-electron chi connectivity index (χ0n) is 16.7. The number of benzene rings is 2. The van der Waals surface area contributed by atoms with E-state index in [9.17, 15) is 25.3 Å². The summed E-state index contributed by atoms with van der Waals surface area (Å²) >= 11 is 0. The highest BCUT2D eigenvalue weighted by atomic mass is 19.1. The highest BCUT2D eigenvalue weighted by Crippen LogP contribution is 2.56. The molecule has 0 radical (unpaired) electrons. The predicted octanol–water partition coefficient (Wildman–Crippen LogP) is 5.27. The third-order valence-electron chi connectivity index (χ3n) is 5.67. The molecule has 5 nitrogen and oxygen atoms in total. The fraction of sp³-hybridized carbons (Fsp3) is 0. The van der Waals surface area contributed by atoms with Crippen molar-refractivity contribution in [3.8, 4) is 35.2 Å². The van der Waals surface area contributed by atoms with Crippen molar-refractivity contribution >= 4 is 16.7 Å². The van der Waals surface area contributed by atoms with Crippen LogP contribution in [-0.4, -0.2) is 10.1 Å². The Morgan fingerprint density at radius 1 is 0.909 bits per heavy atom. The van der Waals surface area contributed by atoms with Crippen molar-refractivity contribution in [3.63, 3.8) is 0 Å². The molecule has 0 aliphatic heterocycles. The van der Waals surface area contributed by atoms with Gasteiger partial charge in [-0.15, -0.1) is 0 Å². The van der Waals surface area contributed by atoms with E-state index < -0.39 is 11.6 Å². The van der Waals surface area contributed by atoms with Crippen LogP contribution in [0.25, 0.3) is 28.0 Å². The predicted molar refractivity (Wildman–Crippen MR) is 115 cm³/mol. The summed E-state index contributed by atoms with van der Waals surface area (Å²) in [5.41, 5.74) is 2.40. The van der Waals surface area contributed by atoms with Crippen LogP contribution >= 0.6 is 0 Å². The molecule has 5 rings (SSSR count). The first-order chi connectivity index (χ1) is 16.0. The van der Waals surface area contributed by atoms with Gasteiger partial charge in [-0.25, -0.2) is 8.78 Å². The minimum Gasteiger partial charge on any atom is -0.507 e. The summed E-state index contributed by atoms with van der Waals surface area (Å²) in [6.07, 6.45) is 2.66. The average molecular weight is 432 g/mol. The van der Waals surface area contributed by atoms with Crippen LogP contribution in [0.1, 0.15) is 22.3 Å². The molecule has 0 atom stereocenters. The van der Waals surface area contributed by atoms with Crippen LogP contribution in [0.15, 0.2) is 65.9 Å². The Labute approximate surface area is 186 Å². The van der Waals surface area contributed by atoms with E-state index in [2.05, 4.69) is 4.98 Å². The van der Waals surface area contributed by atoms with Gasteiger partial charge in [0, 0.05) is 51.8 Å². The highest BCUT2D eigenvalue weighted by molar-refractivity contribution is 6.20. The molecular weight excluding hydrogens is 422 g/mol. The molecule has 0 bridgehead atoms. The van der Waals surface area contributed by atoms with Gasteiger partial charge in [0.15, 0.2) is 0 Å². The van der Waals surface area contributed by atoms with E-state index in [1.807, 2.05) is 18.2 Å². The number of halogens is 2. The van der Waals surface area contributed by atoms with Gasteiger partial charge >= 0.3 is 0 Å². The van der Waals surface area contributed by atoms with Crippen molar-refractivity contribution in [3.05, 3.63) is 99.8 Å². The first kappa shape index (κ1) is 19.9. The number of phenols is 1. The van der Waals surface area contributed by atoms with Gasteiger partial charge < -0.3 is 5.11 Å². The van der Waals surface area contributed by atoms with Crippen molar-refractivity contribution < 1.29 is 13.9 Å². The first-order valence-corrected chi connectivity index (χ1v) is 9.69. The lowest BCUT2D eigenvalue weighted by molar-refractivity contribution is 0.477. The second kappa shape index (κ2) is 7.27. The quantitative estimate of drug-likeness (QED) is 0.381. The molecule has 0 saturated carbocycles. The van der Waals surface area contributed by atoms with E-state index in [0.29, 0.717) is 34.0 Å². The third kappa shape index (κ3) is 2.69. The van der Waals surface area contributed by atoms with E-state index in [1.54, 1.807) is 30.5 Å². The van der Waals surface area contributed by atoms with Crippen LogP contribution in [0.5, 0.6) is 5.75 Å². The van der Waals surface area contributed by atoms with E-state index >= 15 is 4.39 Å². The minimum atomic E-state index is -0.921. The van der Waals surface area contributed by atoms with Crippen molar-refractivity contribution in [2.45, 2.75) is 0 Å². The minimum absolute atomic E-state index is 0.00800. The van der Waals surface area contributed by atoms with Crippen molar-refractivity contribution in [1.29, 1.82) is 15.8 Å². The zero-order chi connectivity index (χ0) is 23.3. The molecule has 154 valence electrons. The number of phenolic OH excluding ortho intramolecular Hbond substituents is 1. The molecular formula is C26H10F2N4O. The van der Waals surface area contributed by atoms with E-state index in [4.69, 9.17) is 0 Å².